The van der Waals surface area contributed by atoms with Crippen LogP contribution in [0.25, 0.3) is 10.2 Å². The van der Waals surface area contributed by atoms with Crippen molar-refractivity contribution in [1.29, 1.82) is 0 Å². The van der Waals surface area contributed by atoms with Crippen molar-refractivity contribution in [2.75, 3.05) is 11.8 Å². The molecule has 0 saturated heterocycles. The number of carbonyl (C=O) groups is 1. The number of nitrogens with one attached hydrogen (secondary N) is 1. The fourth-order valence-corrected chi connectivity index (χ4v) is 5.82. The molecular formula is C25H25N3O4S2. The average Bonchev–Trinajstić information content (AvgIpc) is 3.18. The zero-order valence-electron chi connectivity index (χ0n) is 19.3. The van der Waals surface area contributed by atoms with Crippen molar-refractivity contribution < 1.29 is 17.9 Å². The predicted molar refractivity (Wildman–Crippen MR) is 135 cm³/mol. The van der Waals surface area contributed by atoms with Crippen molar-refractivity contribution in [3.05, 3.63) is 82.2 Å². The zero-order chi connectivity index (χ0) is 24.5. The molecule has 4 rings (SSSR count). The number of hydrogen-bond donors (Lipinski definition) is 1. The molecule has 4 aromatic rings. The second kappa shape index (κ2) is 9.44. The lowest BCUT2D eigenvalue weighted by Gasteiger charge is -2.08. The number of aryl methyl sites for hydroxylation is 3. The first-order valence-corrected chi connectivity index (χ1v) is 13.0. The van der Waals surface area contributed by atoms with Gasteiger partial charge in [-0.3, -0.25) is 9.52 Å². The topological polar surface area (TPSA) is 89.8 Å². The van der Waals surface area contributed by atoms with Crippen molar-refractivity contribution in [2.45, 2.75) is 32.2 Å². The number of methoxy groups -OCH3 is 1. The molecule has 0 saturated carbocycles. The van der Waals surface area contributed by atoms with Crippen molar-refractivity contribution in [3.8, 4) is 5.75 Å². The Kier molecular flexibility index (Phi) is 6.58. The normalized spacial score (nSPS) is 12.2. The van der Waals surface area contributed by atoms with Crippen LogP contribution in [0.4, 0.5) is 5.69 Å². The molecule has 9 heteroatoms. The molecule has 176 valence electrons. The maximum atomic E-state index is 12.9. The molecule has 0 atom stereocenters. The van der Waals surface area contributed by atoms with E-state index in [1.54, 1.807) is 55.6 Å². The Bertz CT molecular complexity index is 1530. The fraction of sp³-hybridized carbons (Fsp3) is 0.200. The first-order chi connectivity index (χ1) is 16.2. The second-order valence-electron chi connectivity index (χ2n) is 7.80. The van der Waals surface area contributed by atoms with Crippen LogP contribution in [0.3, 0.4) is 0 Å². The minimum atomic E-state index is -3.72. The third kappa shape index (κ3) is 4.62. The minimum absolute atomic E-state index is 0.174. The summed E-state index contributed by atoms with van der Waals surface area (Å²) in [6, 6.07) is 16.7. The van der Waals surface area contributed by atoms with Gasteiger partial charge in [0.15, 0.2) is 4.80 Å². The number of amides is 1. The number of nitrogens with zero attached hydrogens (tertiary/aromatic N) is 2. The van der Waals surface area contributed by atoms with Crippen molar-refractivity contribution in [2.24, 2.45) is 4.99 Å². The van der Waals surface area contributed by atoms with E-state index in [0.717, 1.165) is 27.1 Å². The first kappa shape index (κ1) is 23.7. The third-order valence-corrected chi connectivity index (χ3v) is 8.05. The van der Waals surface area contributed by atoms with Crippen LogP contribution in [-0.4, -0.2) is 26.0 Å². The molecule has 0 bridgehead atoms. The standard InChI is InChI=1S/C25H25N3O4S2/c1-5-28-22-21(32-4)15-8-17(3)23(22)33-25(28)26-24(29)18-9-11-19(12-10-18)27-34(30,31)20-13-6-16(2)7-14-20/h6-15,27H,5H2,1-4H3. The van der Waals surface area contributed by atoms with E-state index in [4.69, 9.17) is 4.74 Å². The van der Waals surface area contributed by atoms with Crippen molar-refractivity contribution in [1.82, 2.24) is 4.57 Å². The summed E-state index contributed by atoms with van der Waals surface area (Å²) in [5.41, 5.74) is 3.71. The molecule has 34 heavy (non-hydrogen) atoms. The predicted octanol–water partition coefficient (Wildman–Crippen LogP) is 4.89. The number of hydrogen-bond acceptors (Lipinski definition) is 5. The molecule has 1 aromatic heterocycles. The molecule has 1 N–H and O–H groups in total. The van der Waals surface area contributed by atoms with E-state index < -0.39 is 15.9 Å². The second-order valence-corrected chi connectivity index (χ2v) is 10.5. The van der Waals surface area contributed by atoms with Crippen molar-refractivity contribution in [3.63, 3.8) is 0 Å². The molecule has 0 fully saturated rings. The van der Waals surface area contributed by atoms with E-state index >= 15 is 0 Å². The Hall–Kier alpha value is -3.43. The summed E-state index contributed by atoms with van der Waals surface area (Å²) in [6.45, 7) is 6.53. The number of carbonyl (C=O) groups excluding carboxylic acids is 1. The summed E-state index contributed by atoms with van der Waals surface area (Å²) in [7, 11) is -2.09. The summed E-state index contributed by atoms with van der Waals surface area (Å²) < 4.78 is 36.2. The molecule has 1 heterocycles. The van der Waals surface area contributed by atoms with E-state index in [1.807, 2.05) is 37.5 Å². The maximum absolute atomic E-state index is 12.9. The zero-order valence-corrected chi connectivity index (χ0v) is 21.0. The SMILES string of the molecule is CCn1c(=NC(=O)c2ccc(NS(=O)(=O)c3ccc(C)cc3)cc2)sc2c(C)ccc(OC)c21. The summed E-state index contributed by atoms with van der Waals surface area (Å²) in [5, 5.41) is 0. The van der Waals surface area contributed by atoms with Crippen LogP contribution in [0, 0.1) is 13.8 Å². The fourth-order valence-electron chi connectivity index (χ4n) is 3.59. The molecule has 1 amide bonds. The molecule has 0 aliphatic carbocycles. The Labute approximate surface area is 202 Å². The monoisotopic (exact) mass is 495 g/mol. The van der Waals surface area contributed by atoms with Crippen LogP contribution in [-0.2, 0) is 16.6 Å². The van der Waals surface area contributed by atoms with Gasteiger partial charge in [-0.15, -0.1) is 0 Å². The lowest BCUT2D eigenvalue weighted by molar-refractivity contribution is 0.0998. The number of thiazole rings is 1. The Morgan fingerprint density at radius 1 is 1.03 bits per heavy atom. The van der Waals surface area contributed by atoms with E-state index in [-0.39, 0.29) is 4.90 Å². The van der Waals surface area contributed by atoms with Gasteiger partial charge in [0.1, 0.15) is 11.3 Å². The first-order valence-electron chi connectivity index (χ1n) is 10.7. The minimum Gasteiger partial charge on any atom is -0.495 e. The van der Waals surface area contributed by atoms with Crippen LogP contribution in [0.15, 0.2) is 70.6 Å². The van der Waals surface area contributed by atoms with Crippen LogP contribution < -0.4 is 14.3 Å². The van der Waals surface area contributed by atoms with Gasteiger partial charge < -0.3 is 9.30 Å². The number of aromatic nitrogens is 1. The number of ether oxygens (including phenoxy) is 1. The highest BCUT2D eigenvalue weighted by atomic mass is 32.2. The van der Waals surface area contributed by atoms with Gasteiger partial charge in [0.2, 0.25) is 0 Å². The summed E-state index contributed by atoms with van der Waals surface area (Å²) >= 11 is 1.44. The lowest BCUT2D eigenvalue weighted by Crippen LogP contribution is -2.16. The van der Waals surface area contributed by atoms with E-state index in [0.29, 0.717) is 22.6 Å². The molecule has 0 aliphatic heterocycles. The smallest absolute Gasteiger partial charge is 0.279 e. The van der Waals surface area contributed by atoms with E-state index in [2.05, 4.69) is 9.71 Å². The summed E-state index contributed by atoms with van der Waals surface area (Å²) in [6.07, 6.45) is 0. The third-order valence-electron chi connectivity index (χ3n) is 5.43. The number of fused-ring (bicyclic) bond motifs is 1. The highest BCUT2D eigenvalue weighted by Gasteiger charge is 2.16. The Balaban J connectivity index is 1.63. The van der Waals surface area contributed by atoms with Gasteiger partial charge in [0, 0.05) is 17.8 Å². The molecule has 0 unspecified atom stereocenters. The van der Waals surface area contributed by atoms with E-state index in [9.17, 15) is 13.2 Å². The Morgan fingerprint density at radius 2 is 1.71 bits per heavy atom. The van der Waals surface area contributed by atoms with Gasteiger partial charge in [-0.2, -0.15) is 4.99 Å². The average molecular weight is 496 g/mol. The van der Waals surface area contributed by atoms with Crippen LogP contribution in [0.1, 0.15) is 28.4 Å². The van der Waals surface area contributed by atoms with Crippen molar-refractivity contribution >= 4 is 43.2 Å². The van der Waals surface area contributed by atoms with E-state index in [1.165, 1.54) is 11.3 Å². The number of benzene rings is 3. The molecule has 7 nitrogen and oxygen atoms in total. The molecule has 0 aliphatic rings. The van der Waals surface area contributed by atoms with Crippen LogP contribution >= 0.6 is 11.3 Å². The highest BCUT2D eigenvalue weighted by molar-refractivity contribution is 7.92. The summed E-state index contributed by atoms with van der Waals surface area (Å²) in [5.74, 6) is 0.330. The highest BCUT2D eigenvalue weighted by Crippen LogP contribution is 2.30. The van der Waals surface area contributed by atoms with Gasteiger partial charge in [-0.1, -0.05) is 35.1 Å². The van der Waals surface area contributed by atoms with Crippen LogP contribution in [0.2, 0.25) is 0 Å². The number of anilines is 1. The van der Waals surface area contributed by atoms with Gasteiger partial charge in [-0.05, 0) is 68.8 Å². The molecule has 0 spiro atoms. The maximum Gasteiger partial charge on any atom is 0.279 e. The number of sulfonamides is 1. The molecular weight excluding hydrogens is 470 g/mol. The Morgan fingerprint density at radius 3 is 2.32 bits per heavy atom. The van der Waals surface area contributed by atoms with Gasteiger partial charge in [0.05, 0.1) is 16.7 Å². The lowest BCUT2D eigenvalue weighted by atomic mass is 10.2. The van der Waals surface area contributed by atoms with Gasteiger partial charge in [-0.25, -0.2) is 8.42 Å². The number of rotatable bonds is 6. The van der Waals surface area contributed by atoms with Crippen LogP contribution in [0.5, 0.6) is 5.75 Å². The largest absolute Gasteiger partial charge is 0.495 e. The quantitative estimate of drug-likeness (QED) is 0.412. The molecule has 0 radical (unpaired) electrons. The van der Waals surface area contributed by atoms with Gasteiger partial charge in [0.25, 0.3) is 15.9 Å². The summed E-state index contributed by atoms with van der Waals surface area (Å²) in [4.78, 5) is 18.0. The molecule has 3 aromatic carbocycles. The van der Waals surface area contributed by atoms with Gasteiger partial charge >= 0.3 is 0 Å².